The second-order valence-electron chi connectivity index (χ2n) is 3.41. The first-order valence-electron chi connectivity index (χ1n) is 5.04. The molecule has 0 unspecified atom stereocenters. The first-order valence-corrected chi connectivity index (χ1v) is 19.6. The molecule has 0 aliphatic rings. The summed E-state index contributed by atoms with van der Waals surface area (Å²) in [7, 11) is 0. The van der Waals surface area contributed by atoms with E-state index in [-0.39, 0.29) is 0 Å². The Bertz CT molecular complexity index is 455. The molecular weight excluding hydrogens is 372 g/mol. The molecule has 2 aromatic carbocycles. The molecule has 4 heteroatoms. The van der Waals surface area contributed by atoms with E-state index >= 15 is 0 Å². The number of benzene rings is 2. The fourth-order valence-corrected chi connectivity index (χ4v) is 19.4. The molecule has 76 valence electrons. The topological polar surface area (TPSA) is 0 Å². The number of hydrogen-bond donors (Lipinski definition) is 0. The standard InChI is InChI=1S/C12H11PSe2.K/c14-13(15,11-7-3-1-4-8-11)12-9-5-2-6-10-12;/h1-10H,(H,14,15);/q;+1/p-1. The molecule has 0 spiro atoms. The SMILES string of the molecule is [K][Se]P(=[Se])(c1ccccc1)c1ccccc1. The molecular formula is C12H10KPSe2. The van der Waals surface area contributed by atoms with Gasteiger partial charge in [-0.25, -0.2) is 0 Å². The molecule has 0 atom stereocenters. The summed E-state index contributed by atoms with van der Waals surface area (Å²) >= 11 is 4.49. The molecule has 16 heavy (non-hydrogen) atoms. The number of rotatable bonds is 3. The van der Waals surface area contributed by atoms with E-state index in [2.05, 4.69) is 75.8 Å². The van der Waals surface area contributed by atoms with Crippen LogP contribution in [0.3, 0.4) is 0 Å². The molecule has 0 saturated carbocycles. The van der Waals surface area contributed by atoms with Gasteiger partial charge in [0.05, 0.1) is 0 Å². The monoisotopic (exact) mass is 384 g/mol. The Kier molecular flexibility index (Phi) is 5.79. The molecule has 2 rings (SSSR count). The summed E-state index contributed by atoms with van der Waals surface area (Å²) in [5.41, 5.74) is 0. The van der Waals surface area contributed by atoms with Crippen LogP contribution in [0, 0.1) is 0 Å². The normalized spacial score (nSPS) is 11.4. The molecule has 0 fully saturated rings. The zero-order chi connectivity index (χ0) is 11.4. The van der Waals surface area contributed by atoms with E-state index in [0.29, 0.717) is 0 Å². The van der Waals surface area contributed by atoms with E-state index in [1.807, 2.05) is 0 Å². The van der Waals surface area contributed by atoms with Gasteiger partial charge in [0, 0.05) is 0 Å². The second-order valence-corrected chi connectivity index (χ2v) is 27.5. The quantitative estimate of drug-likeness (QED) is 0.557. The van der Waals surface area contributed by atoms with Crippen molar-refractivity contribution in [3.8, 4) is 0 Å². The third-order valence-electron chi connectivity index (χ3n) is 2.45. The van der Waals surface area contributed by atoms with E-state index < -0.39 is 4.20 Å². The molecule has 0 heterocycles. The Morgan fingerprint density at radius 1 is 0.812 bits per heavy atom. The average Bonchev–Trinajstić information content (AvgIpc) is 2.40. The summed E-state index contributed by atoms with van der Waals surface area (Å²) in [6.07, 6.45) is 0. The fraction of sp³-hybridized carbons (Fsp3) is 0. The van der Waals surface area contributed by atoms with Gasteiger partial charge in [-0.3, -0.25) is 0 Å². The molecule has 0 amide bonds. The van der Waals surface area contributed by atoms with E-state index in [1.165, 1.54) is 10.6 Å². The van der Waals surface area contributed by atoms with Gasteiger partial charge >= 0.3 is 141 Å². The van der Waals surface area contributed by atoms with Crippen molar-refractivity contribution in [2.45, 2.75) is 0 Å². The van der Waals surface area contributed by atoms with Gasteiger partial charge in [-0.15, -0.1) is 0 Å². The van der Waals surface area contributed by atoms with Crippen LogP contribution in [0.2, 0.25) is 0 Å². The van der Waals surface area contributed by atoms with E-state index in [1.54, 1.807) is 0 Å². The molecule has 0 radical (unpaired) electrons. The predicted octanol–water partition coefficient (Wildman–Crippen LogP) is 1.44. The van der Waals surface area contributed by atoms with Gasteiger partial charge in [0.1, 0.15) is 0 Å². The van der Waals surface area contributed by atoms with E-state index in [4.69, 9.17) is 0 Å². The van der Waals surface area contributed by atoms with Gasteiger partial charge in [-0.1, -0.05) is 0 Å². The van der Waals surface area contributed by atoms with Crippen molar-refractivity contribution in [1.29, 1.82) is 0 Å². The first-order chi connectivity index (χ1) is 7.77. The van der Waals surface area contributed by atoms with Crippen molar-refractivity contribution in [3.05, 3.63) is 60.7 Å². The van der Waals surface area contributed by atoms with Crippen LogP contribution in [0.4, 0.5) is 0 Å². The van der Waals surface area contributed by atoms with Gasteiger partial charge < -0.3 is 0 Å². The minimum absolute atomic E-state index is 0.780. The molecule has 0 saturated heterocycles. The van der Waals surface area contributed by atoms with Crippen LogP contribution in [0.25, 0.3) is 0 Å². The summed E-state index contributed by atoms with van der Waals surface area (Å²) in [6, 6.07) is 22.0. The van der Waals surface area contributed by atoms with E-state index in [0.717, 1.165) is 50.5 Å². The predicted molar refractivity (Wildman–Crippen MR) is 76.3 cm³/mol. The molecule has 0 aromatic heterocycles. The average molecular weight is 382 g/mol. The van der Waals surface area contributed by atoms with Crippen molar-refractivity contribution in [3.63, 3.8) is 0 Å². The first kappa shape index (κ1) is 14.0. The van der Waals surface area contributed by atoms with Gasteiger partial charge in [-0.2, -0.15) is 0 Å². The fourth-order valence-electron chi connectivity index (χ4n) is 1.61. The van der Waals surface area contributed by atoms with E-state index in [9.17, 15) is 0 Å². The minimum atomic E-state index is -1.13. The van der Waals surface area contributed by atoms with Gasteiger partial charge in [0.2, 0.25) is 0 Å². The van der Waals surface area contributed by atoms with Crippen LogP contribution in [-0.4, -0.2) is 65.6 Å². The molecule has 0 aliphatic carbocycles. The van der Waals surface area contributed by atoms with Gasteiger partial charge in [-0.05, 0) is 0 Å². The summed E-state index contributed by atoms with van der Waals surface area (Å²) < 4.78 is -1.13. The molecule has 2 aromatic rings. The Morgan fingerprint density at radius 2 is 1.19 bits per heavy atom. The Labute approximate surface area is 138 Å². The van der Waals surface area contributed by atoms with Crippen LogP contribution in [-0.2, 0) is 0 Å². The van der Waals surface area contributed by atoms with Gasteiger partial charge in [0.25, 0.3) is 0 Å². The summed E-state index contributed by atoms with van der Waals surface area (Å²) in [4.78, 5) is 0. The Morgan fingerprint density at radius 3 is 1.50 bits per heavy atom. The van der Waals surface area contributed by atoms with Crippen LogP contribution >= 0.6 is 4.20 Å². The van der Waals surface area contributed by atoms with Crippen molar-refractivity contribution in [2.75, 3.05) is 0 Å². The van der Waals surface area contributed by atoms with Crippen molar-refractivity contribution in [2.24, 2.45) is 0 Å². The maximum atomic E-state index is 3.56. The van der Waals surface area contributed by atoms with Crippen LogP contribution in [0.15, 0.2) is 60.7 Å². The van der Waals surface area contributed by atoms with Gasteiger partial charge in [0.15, 0.2) is 0 Å². The van der Waals surface area contributed by atoms with Crippen molar-refractivity contribution in [1.82, 2.24) is 0 Å². The Balaban J connectivity index is 2.54. The molecule has 0 nitrogen and oxygen atoms in total. The molecule has 0 N–H and O–H groups in total. The second kappa shape index (κ2) is 6.64. The Hall–Kier alpha value is 1.55. The summed E-state index contributed by atoms with van der Waals surface area (Å²) in [5.74, 6) is 0. The maximum absolute atomic E-state index is 3.56. The van der Waals surface area contributed by atoms with Crippen molar-refractivity contribution >= 4 is 80.4 Å². The summed E-state index contributed by atoms with van der Waals surface area (Å²) in [6.45, 7) is 0. The van der Waals surface area contributed by atoms with Crippen LogP contribution in [0.1, 0.15) is 0 Å². The zero-order valence-corrected chi connectivity index (χ0v) is 16.5. The zero-order valence-electron chi connectivity index (χ0n) is 9.04. The third kappa shape index (κ3) is 3.11. The summed E-state index contributed by atoms with van der Waals surface area (Å²) in [5, 5.41) is 3.83. The number of hydrogen-bond acceptors (Lipinski definition) is 0. The molecule has 0 aliphatic heterocycles. The van der Waals surface area contributed by atoms with Crippen LogP contribution in [0.5, 0.6) is 0 Å². The third-order valence-corrected chi connectivity index (χ3v) is 46.1. The molecule has 0 bridgehead atoms. The van der Waals surface area contributed by atoms with Crippen LogP contribution < -0.4 is 10.6 Å². The van der Waals surface area contributed by atoms with Crippen molar-refractivity contribution < 1.29 is 0 Å².